The van der Waals surface area contributed by atoms with E-state index >= 15 is 0 Å². The van der Waals surface area contributed by atoms with Crippen LogP contribution in [0.15, 0.2) is 12.3 Å². The number of methoxy groups -OCH3 is 1. The van der Waals surface area contributed by atoms with Gasteiger partial charge in [-0.3, -0.25) is 9.48 Å². The van der Waals surface area contributed by atoms with Crippen LogP contribution in [0, 0.1) is 0 Å². The van der Waals surface area contributed by atoms with E-state index in [4.69, 9.17) is 16.3 Å². The van der Waals surface area contributed by atoms with Crippen molar-refractivity contribution in [3.05, 3.63) is 18.0 Å². The van der Waals surface area contributed by atoms with Crippen molar-refractivity contribution in [1.29, 1.82) is 0 Å². The summed E-state index contributed by atoms with van der Waals surface area (Å²) in [4.78, 5) is 13.6. The van der Waals surface area contributed by atoms with E-state index in [9.17, 15) is 4.79 Å². The Balaban J connectivity index is 2.66. The highest BCUT2D eigenvalue weighted by Crippen LogP contribution is 2.02. The van der Waals surface area contributed by atoms with Crippen molar-refractivity contribution < 1.29 is 9.53 Å². The summed E-state index contributed by atoms with van der Waals surface area (Å²) >= 11 is 5.65. The molecule has 1 aromatic heterocycles. The Hall–Kier alpha value is -1.07. The molecule has 1 aromatic rings. The lowest BCUT2D eigenvalue weighted by molar-refractivity contribution is 0.0701. The highest BCUT2D eigenvalue weighted by molar-refractivity contribution is 6.18. The average molecular weight is 246 g/mol. The van der Waals surface area contributed by atoms with E-state index in [2.05, 4.69) is 5.10 Å². The third-order valence-electron chi connectivity index (χ3n) is 2.14. The molecule has 6 heteroatoms. The molecule has 5 nitrogen and oxygen atoms in total. The van der Waals surface area contributed by atoms with Crippen LogP contribution in [0.4, 0.5) is 0 Å². The normalized spacial score (nSPS) is 10.4. The summed E-state index contributed by atoms with van der Waals surface area (Å²) in [5.41, 5.74) is 0.434. The molecule has 0 radical (unpaired) electrons. The third kappa shape index (κ3) is 3.50. The molecule has 0 aliphatic rings. The number of carbonyl (C=O) groups excluding carboxylic acids is 1. The molecule has 0 bridgehead atoms. The minimum absolute atomic E-state index is 0.113. The molecule has 1 rings (SSSR count). The van der Waals surface area contributed by atoms with E-state index in [1.807, 2.05) is 0 Å². The molecule has 0 spiro atoms. The van der Waals surface area contributed by atoms with Crippen molar-refractivity contribution in [1.82, 2.24) is 14.7 Å². The SMILES string of the molecule is COCCN(CCCl)C(=O)c1ccn(C)n1. The zero-order valence-corrected chi connectivity index (χ0v) is 10.3. The zero-order valence-electron chi connectivity index (χ0n) is 9.52. The monoisotopic (exact) mass is 245 g/mol. The molecule has 1 heterocycles. The van der Waals surface area contributed by atoms with E-state index in [0.717, 1.165) is 0 Å². The van der Waals surface area contributed by atoms with Gasteiger partial charge in [-0.25, -0.2) is 0 Å². The third-order valence-corrected chi connectivity index (χ3v) is 2.31. The van der Waals surface area contributed by atoms with Crippen molar-refractivity contribution in [3.8, 4) is 0 Å². The summed E-state index contributed by atoms with van der Waals surface area (Å²) in [6, 6.07) is 1.69. The number of amides is 1. The molecule has 16 heavy (non-hydrogen) atoms. The number of hydrogen-bond acceptors (Lipinski definition) is 3. The van der Waals surface area contributed by atoms with Gasteiger partial charge in [-0.15, -0.1) is 11.6 Å². The summed E-state index contributed by atoms with van der Waals surface area (Å²) in [7, 11) is 3.38. The Labute approximate surface area is 99.9 Å². The lowest BCUT2D eigenvalue weighted by Crippen LogP contribution is -2.35. The maximum Gasteiger partial charge on any atom is 0.274 e. The second-order valence-electron chi connectivity index (χ2n) is 3.35. The minimum atomic E-state index is -0.113. The highest BCUT2D eigenvalue weighted by atomic mass is 35.5. The highest BCUT2D eigenvalue weighted by Gasteiger charge is 2.16. The first-order valence-electron chi connectivity index (χ1n) is 5.03. The molecule has 1 amide bonds. The van der Waals surface area contributed by atoms with Gasteiger partial charge in [-0.2, -0.15) is 5.10 Å². The van der Waals surface area contributed by atoms with Gasteiger partial charge in [0.05, 0.1) is 6.61 Å². The number of aryl methyl sites for hydroxylation is 1. The minimum Gasteiger partial charge on any atom is -0.383 e. The van der Waals surface area contributed by atoms with Crippen LogP contribution in [-0.4, -0.2) is 53.3 Å². The largest absolute Gasteiger partial charge is 0.383 e. The van der Waals surface area contributed by atoms with Crippen LogP contribution in [0.25, 0.3) is 0 Å². The van der Waals surface area contributed by atoms with Crippen LogP contribution in [0.5, 0.6) is 0 Å². The van der Waals surface area contributed by atoms with Gasteiger partial charge in [0, 0.05) is 39.3 Å². The Morgan fingerprint density at radius 1 is 1.62 bits per heavy atom. The number of alkyl halides is 1. The van der Waals surface area contributed by atoms with E-state index in [0.29, 0.717) is 31.3 Å². The number of halogens is 1. The molecule has 0 saturated carbocycles. The number of aromatic nitrogens is 2. The summed E-state index contributed by atoms with van der Waals surface area (Å²) in [5.74, 6) is 0.292. The fraction of sp³-hybridized carbons (Fsp3) is 0.600. The first-order valence-corrected chi connectivity index (χ1v) is 5.56. The van der Waals surface area contributed by atoms with Crippen molar-refractivity contribution in [3.63, 3.8) is 0 Å². The Kier molecular flexibility index (Phi) is 5.28. The lowest BCUT2D eigenvalue weighted by Gasteiger charge is -2.19. The van der Waals surface area contributed by atoms with Crippen LogP contribution in [0.2, 0.25) is 0 Å². The van der Waals surface area contributed by atoms with Crippen molar-refractivity contribution in [2.24, 2.45) is 7.05 Å². The van der Waals surface area contributed by atoms with Crippen molar-refractivity contribution in [2.75, 3.05) is 32.7 Å². The van der Waals surface area contributed by atoms with E-state index < -0.39 is 0 Å². The molecular formula is C10H16ClN3O2. The molecule has 0 N–H and O–H groups in total. The number of rotatable bonds is 6. The number of ether oxygens (including phenoxy) is 1. The van der Waals surface area contributed by atoms with E-state index in [-0.39, 0.29) is 5.91 Å². The number of hydrogen-bond donors (Lipinski definition) is 0. The lowest BCUT2D eigenvalue weighted by atomic mass is 10.3. The molecule has 0 atom stereocenters. The summed E-state index contributed by atoms with van der Waals surface area (Å²) in [5, 5.41) is 4.06. The van der Waals surface area contributed by atoms with E-state index in [1.165, 1.54) is 0 Å². The maximum absolute atomic E-state index is 12.0. The van der Waals surface area contributed by atoms with Crippen molar-refractivity contribution >= 4 is 17.5 Å². The Morgan fingerprint density at radius 3 is 2.88 bits per heavy atom. The van der Waals surface area contributed by atoms with Crippen LogP contribution < -0.4 is 0 Å². The zero-order chi connectivity index (χ0) is 12.0. The fourth-order valence-electron chi connectivity index (χ4n) is 1.31. The van der Waals surface area contributed by atoms with Crippen LogP contribution in [0.3, 0.4) is 0 Å². The predicted octanol–water partition coefficient (Wildman–Crippen LogP) is 0.748. The van der Waals surface area contributed by atoms with Gasteiger partial charge in [-0.05, 0) is 6.07 Å². The average Bonchev–Trinajstić information content (AvgIpc) is 2.70. The predicted molar refractivity (Wildman–Crippen MR) is 61.7 cm³/mol. The maximum atomic E-state index is 12.0. The molecule has 0 aliphatic carbocycles. The van der Waals surface area contributed by atoms with Gasteiger partial charge in [0.15, 0.2) is 0 Å². The summed E-state index contributed by atoms with van der Waals surface area (Å²) < 4.78 is 6.55. The smallest absolute Gasteiger partial charge is 0.274 e. The second kappa shape index (κ2) is 6.50. The van der Waals surface area contributed by atoms with Crippen LogP contribution in [-0.2, 0) is 11.8 Å². The topological polar surface area (TPSA) is 47.4 Å². The first-order chi connectivity index (χ1) is 7.69. The standard InChI is InChI=1S/C10H16ClN3O2/c1-13-5-3-9(12-13)10(15)14(6-4-11)7-8-16-2/h3,5H,4,6-8H2,1-2H3. The van der Waals surface area contributed by atoms with Gasteiger partial charge < -0.3 is 9.64 Å². The Morgan fingerprint density at radius 2 is 2.38 bits per heavy atom. The summed E-state index contributed by atoms with van der Waals surface area (Å²) in [6.07, 6.45) is 1.74. The van der Waals surface area contributed by atoms with E-state index in [1.54, 1.807) is 36.0 Å². The molecule has 0 fully saturated rings. The molecule has 0 unspecified atom stereocenters. The van der Waals surface area contributed by atoms with Crippen LogP contribution in [0.1, 0.15) is 10.5 Å². The number of carbonyl (C=O) groups is 1. The molecule has 0 aromatic carbocycles. The second-order valence-corrected chi connectivity index (χ2v) is 3.73. The molecule has 0 aliphatic heterocycles. The molecule has 0 saturated heterocycles. The number of nitrogens with zero attached hydrogens (tertiary/aromatic N) is 3. The van der Waals surface area contributed by atoms with Gasteiger partial charge >= 0.3 is 0 Å². The van der Waals surface area contributed by atoms with Gasteiger partial charge in [0.1, 0.15) is 5.69 Å². The molecular weight excluding hydrogens is 230 g/mol. The van der Waals surface area contributed by atoms with Gasteiger partial charge in [0.25, 0.3) is 5.91 Å². The van der Waals surface area contributed by atoms with Gasteiger partial charge in [-0.1, -0.05) is 0 Å². The van der Waals surface area contributed by atoms with Crippen LogP contribution >= 0.6 is 11.6 Å². The van der Waals surface area contributed by atoms with Gasteiger partial charge in [0.2, 0.25) is 0 Å². The Bertz CT molecular complexity index is 341. The molecule has 90 valence electrons. The fourth-order valence-corrected chi connectivity index (χ4v) is 1.51. The first kappa shape index (κ1) is 13.0. The quantitative estimate of drug-likeness (QED) is 0.695. The van der Waals surface area contributed by atoms with Crippen molar-refractivity contribution in [2.45, 2.75) is 0 Å². The summed E-state index contributed by atoms with van der Waals surface area (Å²) in [6.45, 7) is 1.52.